The predicted octanol–water partition coefficient (Wildman–Crippen LogP) is -0.0399. The lowest BCUT2D eigenvalue weighted by atomic mass is 10.1. The van der Waals surface area contributed by atoms with Gasteiger partial charge in [0, 0.05) is 25.2 Å². The fourth-order valence-corrected chi connectivity index (χ4v) is 2.02. The zero-order valence-corrected chi connectivity index (χ0v) is 11.0. The van der Waals surface area contributed by atoms with Gasteiger partial charge >= 0.3 is 5.97 Å². The van der Waals surface area contributed by atoms with Gasteiger partial charge in [-0.1, -0.05) is 5.16 Å². The summed E-state index contributed by atoms with van der Waals surface area (Å²) in [5, 5.41) is 6.67. The molecular formula is C12H17N3O4. The molecule has 7 nitrogen and oxygen atoms in total. The van der Waals surface area contributed by atoms with E-state index >= 15 is 0 Å². The number of hydrogen-bond acceptors (Lipinski definition) is 6. The van der Waals surface area contributed by atoms with Crippen LogP contribution in [0.3, 0.4) is 0 Å². The van der Waals surface area contributed by atoms with Crippen LogP contribution in [0.5, 0.6) is 0 Å². The van der Waals surface area contributed by atoms with Gasteiger partial charge in [-0.2, -0.15) is 0 Å². The van der Waals surface area contributed by atoms with E-state index in [2.05, 4.69) is 10.5 Å². The van der Waals surface area contributed by atoms with E-state index in [-0.39, 0.29) is 11.7 Å². The van der Waals surface area contributed by atoms with E-state index in [0.29, 0.717) is 31.8 Å². The van der Waals surface area contributed by atoms with Crippen molar-refractivity contribution < 1.29 is 18.8 Å². The molecular weight excluding hydrogens is 250 g/mol. The zero-order valence-electron chi connectivity index (χ0n) is 11.0. The fourth-order valence-electron chi connectivity index (χ4n) is 2.02. The fraction of sp³-hybridized carbons (Fsp3) is 0.583. The van der Waals surface area contributed by atoms with Crippen molar-refractivity contribution in [2.75, 3.05) is 26.2 Å². The van der Waals surface area contributed by atoms with Crippen molar-refractivity contribution in [1.29, 1.82) is 0 Å². The molecule has 1 aliphatic heterocycles. The summed E-state index contributed by atoms with van der Waals surface area (Å²) in [6.07, 6.45) is 1.48. The molecule has 1 aliphatic rings. The third-order valence-corrected chi connectivity index (χ3v) is 3.01. The average Bonchev–Trinajstić information content (AvgIpc) is 2.84. The summed E-state index contributed by atoms with van der Waals surface area (Å²) in [7, 11) is 0. The Kier molecular flexibility index (Phi) is 4.16. The Hall–Kier alpha value is -1.89. The number of piperazine rings is 1. The lowest BCUT2D eigenvalue weighted by molar-refractivity contribution is -0.149. The molecule has 2 heterocycles. The number of ether oxygens (including phenoxy) is 1. The maximum absolute atomic E-state index is 12.4. The Morgan fingerprint density at radius 2 is 2.42 bits per heavy atom. The van der Waals surface area contributed by atoms with E-state index in [1.165, 1.54) is 11.1 Å². The van der Waals surface area contributed by atoms with Crippen LogP contribution in [0.1, 0.15) is 23.0 Å². The lowest BCUT2D eigenvalue weighted by Crippen LogP contribution is -2.57. The molecule has 0 aromatic carbocycles. The van der Waals surface area contributed by atoms with E-state index < -0.39 is 12.0 Å². The average molecular weight is 267 g/mol. The number of aryl methyl sites for hydroxylation is 1. The Bertz CT molecular complexity index is 471. The minimum atomic E-state index is -0.620. The van der Waals surface area contributed by atoms with Crippen LogP contribution in [-0.2, 0) is 9.53 Å². The van der Waals surface area contributed by atoms with Crippen molar-refractivity contribution in [1.82, 2.24) is 15.4 Å². The maximum atomic E-state index is 12.4. The SMILES string of the molecule is CCOC(=O)C1CNCCN1C(=O)c1oncc1C. The van der Waals surface area contributed by atoms with Crippen molar-refractivity contribution >= 4 is 11.9 Å². The highest BCUT2D eigenvalue weighted by molar-refractivity contribution is 5.95. The topological polar surface area (TPSA) is 84.7 Å². The second-order valence-corrected chi connectivity index (χ2v) is 4.31. The first-order chi connectivity index (χ1) is 9.15. The van der Waals surface area contributed by atoms with Gasteiger partial charge in [-0.05, 0) is 13.8 Å². The Morgan fingerprint density at radius 1 is 1.63 bits per heavy atom. The van der Waals surface area contributed by atoms with Crippen molar-refractivity contribution in [3.63, 3.8) is 0 Å². The van der Waals surface area contributed by atoms with Crippen LogP contribution in [0.4, 0.5) is 0 Å². The van der Waals surface area contributed by atoms with Gasteiger partial charge in [0.05, 0.1) is 12.8 Å². The third kappa shape index (κ3) is 2.76. The molecule has 1 N–H and O–H groups in total. The van der Waals surface area contributed by atoms with Gasteiger partial charge < -0.3 is 19.5 Å². The minimum absolute atomic E-state index is 0.177. The van der Waals surface area contributed by atoms with Crippen LogP contribution < -0.4 is 5.32 Å². The standard InChI is InChI=1S/C12H17N3O4/c1-3-18-12(17)9-7-13-4-5-15(9)11(16)10-8(2)6-14-19-10/h6,9,13H,3-5,7H2,1-2H3. The molecule has 1 fully saturated rings. The number of aromatic nitrogens is 1. The smallest absolute Gasteiger partial charge is 0.330 e. The molecule has 1 aromatic heterocycles. The number of rotatable bonds is 3. The summed E-state index contributed by atoms with van der Waals surface area (Å²) >= 11 is 0. The molecule has 1 saturated heterocycles. The number of carbonyl (C=O) groups is 2. The van der Waals surface area contributed by atoms with Gasteiger partial charge in [0.1, 0.15) is 6.04 Å². The molecule has 0 spiro atoms. The molecule has 0 aliphatic carbocycles. The Morgan fingerprint density at radius 3 is 3.05 bits per heavy atom. The molecule has 19 heavy (non-hydrogen) atoms. The first kappa shape index (κ1) is 13.5. The van der Waals surface area contributed by atoms with Gasteiger partial charge in [-0.15, -0.1) is 0 Å². The van der Waals surface area contributed by atoms with E-state index in [1.807, 2.05) is 0 Å². The molecule has 1 unspecified atom stereocenters. The Labute approximate surface area is 110 Å². The molecule has 1 aromatic rings. The van der Waals surface area contributed by atoms with Crippen molar-refractivity contribution in [2.24, 2.45) is 0 Å². The number of amides is 1. The molecule has 0 radical (unpaired) electrons. The number of nitrogens with one attached hydrogen (secondary N) is 1. The molecule has 0 saturated carbocycles. The second-order valence-electron chi connectivity index (χ2n) is 4.31. The van der Waals surface area contributed by atoms with Crippen LogP contribution >= 0.6 is 0 Å². The summed E-state index contributed by atoms with van der Waals surface area (Å²) in [6, 6.07) is -0.620. The molecule has 1 amide bonds. The molecule has 2 rings (SSSR count). The predicted molar refractivity (Wildman–Crippen MR) is 65.6 cm³/mol. The van der Waals surface area contributed by atoms with Crippen molar-refractivity contribution in [3.8, 4) is 0 Å². The van der Waals surface area contributed by atoms with Crippen molar-refractivity contribution in [2.45, 2.75) is 19.9 Å². The summed E-state index contributed by atoms with van der Waals surface area (Å²) in [5.74, 6) is -0.550. The quantitative estimate of drug-likeness (QED) is 0.774. The first-order valence-corrected chi connectivity index (χ1v) is 6.24. The number of carbonyl (C=O) groups excluding carboxylic acids is 2. The van der Waals surface area contributed by atoms with E-state index in [1.54, 1.807) is 13.8 Å². The van der Waals surface area contributed by atoms with Crippen LogP contribution in [0.2, 0.25) is 0 Å². The molecule has 104 valence electrons. The minimum Gasteiger partial charge on any atom is -0.464 e. The summed E-state index contributed by atoms with van der Waals surface area (Å²) in [6.45, 7) is 5.22. The van der Waals surface area contributed by atoms with E-state index in [0.717, 1.165) is 0 Å². The van der Waals surface area contributed by atoms with Gasteiger partial charge in [0.2, 0.25) is 5.76 Å². The summed E-state index contributed by atoms with van der Waals surface area (Å²) in [4.78, 5) is 25.7. The summed E-state index contributed by atoms with van der Waals surface area (Å²) in [5.41, 5.74) is 0.658. The monoisotopic (exact) mass is 267 g/mol. The highest BCUT2D eigenvalue weighted by Gasteiger charge is 2.35. The first-order valence-electron chi connectivity index (χ1n) is 6.24. The number of nitrogens with zero attached hydrogens (tertiary/aromatic N) is 2. The van der Waals surface area contributed by atoms with E-state index in [4.69, 9.17) is 9.26 Å². The third-order valence-electron chi connectivity index (χ3n) is 3.01. The van der Waals surface area contributed by atoms with Gasteiger partial charge in [-0.3, -0.25) is 4.79 Å². The van der Waals surface area contributed by atoms with Crippen LogP contribution in [-0.4, -0.2) is 54.2 Å². The van der Waals surface area contributed by atoms with Crippen LogP contribution in [0.15, 0.2) is 10.7 Å². The largest absolute Gasteiger partial charge is 0.464 e. The van der Waals surface area contributed by atoms with Gasteiger partial charge in [0.15, 0.2) is 0 Å². The molecule has 0 bridgehead atoms. The molecule has 1 atom stereocenters. The number of esters is 1. The van der Waals surface area contributed by atoms with E-state index in [9.17, 15) is 9.59 Å². The lowest BCUT2D eigenvalue weighted by Gasteiger charge is -2.33. The maximum Gasteiger partial charge on any atom is 0.330 e. The van der Waals surface area contributed by atoms with Crippen LogP contribution in [0.25, 0.3) is 0 Å². The summed E-state index contributed by atoms with van der Waals surface area (Å²) < 4.78 is 9.94. The van der Waals surface area contributed by atoms with Gasteiger partial charge in [-0.25, -0.2) is 4.79 Å². The highest BCUT2D eigenvalue weighted by Crippen LogP contribution is 2.14. The van der Waals surface area contributed by atoms with Gasteiger partial charge in [0.25, 0.3) is 5.91 Å². The highest BCUT2D eigenvalue weighted by atomic mass is 16.5. The second kappa shape index (κ2) is 5.83. The zero-order chi connectivity index (χ0) is 13.8. The Balaban J connectivity index is 2.18. The normalized spacial score (nSPS) is 19.3. The number of hydrogen-bond donors (Lipinski definition) is 1. The molecule has 7 heteroatoms. The van der Waals surface area contributed by atoms with Crippen molar-refractivity contribution in [3.05, 3.63) is 17.5 Å². The van der Waals surface area contributed by atoms with Crippen LogP contribution in [0, 0.1) is 6.92 Å².